The van der Waals surface area contributed by atoms with E-state index < -0.39 is 11.7 Å². The van der Waals surface area contributed by atoms with E-state index in [1.807, 2.05) is 20.8 Å². The molecule has 0 saturated carbocycles. The standard InChI is InChI=1S/C14H24N2O2S/c1-6-8-11-10(7-2)16-12(19-11)9-15-13(17)18-14(3,4)5/h6-9H2,1-5H3,(H,15,17). The van der Waals surface area contributed by atoms with Gasteiger partial charge in [-0.3, -0.25) is 0 Å². The topological polar surface area (TPSA) is 51.2 Å². The van der Waals surface area contributed by atoms with E-state index >= 15 is 0 Å². The van der Waals surface area contributed by atoms with Gasteiger partial charge in [0.2, 0.25) is 0 Å². The highest BCUT2D eigenvalue weighted by Crippen LogP contribution is 2.21. The molecule has 0 saturated heterocycles. The first-order valence-electron chi connectivity index (χ1n) is 6.80. The average Bonchev–Trinajstić information content (AvgIpc) is 2.67. The van der Waals surface area contributed by atoms with Crippen molar-refractivity contribution in [3.05, 3.63) is 15.6 Å². The van der Waals surface area contributed by atoms with Gasteiger partial charge in [0.1, 0.15) is 10.6 Å². The third-order valence-electron chi connectivity index (χ3n) is 2.42. The van der Waals surface area contributed by atoms with Crippen LogP contribution in [0.25, 0.3) is 0 Å². The lowest BCUT2D eigenvalue weighted by Gasteiger charge is -2.19. The van der Waals surface area contributed by atoms with Crippen LogP contribution in [-0.4, -0.2) is 16.7 Å². The molecule has 5 heteroatoms. The molecule has 1 amide bonds. The Labute approximate surface area is 119 Å². The summed E-state index contributed by atoms with van der Waals surface area (Å²) in [6.45, 7) is 10.3. The van der Waals surface area contributed by atoms with Crippen LogP contribution in [0.2, 0.25) is 0 Å². The van der Waals surface area contributed by atoms with Gasteiger partial charge in [0.05, 0.1) is 12.2 Å². The molecule has 0 bridgehead atoms. The molecule has 0 spiro atoms. The second-order valence-electron chi connectivity index (χ2n) is 5.44. The Morgan fingerprint density at radius 1 is 1.37 bits per heavy atom. The van der Waals surface area contributed by atoms with Crippen LogP contribution in [0.15, 0.2) is 0 Å². The molecule has 1 heterocycles. The first kappa shape index (κ1) is 16.0. The molecule has 19 heavy (non-hydrogen) atoms. The number of aryl methyl sites for hydroxylation is 2. The van der Waals surface area contributed by atoms with Crippen LogP contribution in [0.3, 0.4) is 0 Å². The predicted molar refractivity (Wildman–Crippen MR) is 78.6 cm³/mol. The van der Waals surface area contributed by atoms with Gasteiger partial charge in [0.25, 0.3) is 0 Å². The van der Waals surface area contributed by atoms with Crippen LogP contribution in [0.1, 0.15) is 56.6 Å². The fourth-order valence-electron chi connectivity index (χ4n) is 1.67. The molecule has 0 aliphatic rings. The van der Waals surface area contributed by atoms with E-state index in [-0.39, 0.29) is 0 Å². The molecular formula is C14H24N2O2S. The molecule has 0 unspecified atom stereocenters. The van der Waals surface area contributed by atoms with Crippen molar-refractivity contribution >= 4 is 17.4 Å². The summed E-state index contributed by atoms with van der Waals surface area (Å²) in [6, 6.07) is 0. The molecule has 0 aliphatic carbocycles. The average molecular weight is 284 g/mol. The zero-order valence-electron chi connectivity index (χ0n) is 12.5. The van der Waals surface area contributed by atoms with Gasteiger partial charge in [-0.15, -0.1) is 11.3 Å². The third-order valence-corrected chi connectivity index (χ3v) is 3.57. The van der Waals surface area contributed by atoms with Crippen molar-refractivity contribution in [2.24, 2.45) is 0 Å². The minimum atomic E-state index is -0.463. The van der Waals surface area contributed by atoms with Gasteiger partial charge in [-0.25, -0.2) is 9.78 Å². The fraction of sp³-hybridized carbons (Fsp3) is 0.714. The van der Waals surface area contributed by atoms with Crippen molar-refractivity contribution < 1.29 is 9.53 Å². The van der Waals surface area contributed by atoms with Crippen molar-refractivity contribution in [2.75, 3.05) is 0 Å². The Hall–Kier alpha value is -1.10. The zero-order valence-corrected chi connectivity index (χ0v) is 13.3. The van der Waals surface area contributed by atoms with Crippen molar-refractivity contribution in [2.45, 2.75) is 66.0 Å². The van der Waals surface area contributed by atoms with Gasteiger partial charge < -0.3 is 10.1 Å². The van der Waals surface area contributed by atoms with Crippen LogP contribution >= 0.6 is 11.3 Å². The lowest BCUT2D eigenvalue weighted by Crippen LogP contribution is -2.32. The summed E-state index contributed by atoms with van der Waals surface area (Å²) in [7, 11) is 0. The number of amides is 1. The number of nitrogens with zero attached hydrogens (tertiary/aromatic N) is 1. The zero-order chi connectivity index (χ0) is 14.5. The van der Waals surface area contributed by atoms with Crippen LogP contribution < -0.4 is 5.32 Å². The normalized spacial score (nSPS) is 11.4. The fourth-order valence-corrected chi connectivity index (χ4v) is 2.87. The number of thiazole rings is 1. The van der Waals surface area contributed by atoms with Crippen LogP contribution in [-0.2, 0) is 24.1 Å². The number of hydrogen-bond donors (Lipinski definition) is 1. The summed E-state index contributed by atoms with van der Waals surface area (Å²) in [6.07, 6.45) is 2.73. The maximum absolute atomic E-state index is 11.6. The van der Waals surface area contributed by atoms with Gasteiger partial charge in [0, 0.05) is 4.88 Å². The minimum absolute atomic E-state index is 0.391. The second-order valence-corrected chi connectivity index (χ2v) is 6.60. The molecule has 1 N–H and O–H groups in total. The first-order chi connectivity index (χ1) is 8.85. The van der Waals surface area contributed by atoms with Crippen LogP contribution in [0.5, 0.6) is 0 Å². The Morgan fingerprint density at radius 2 is 2.05 bits per heavy atom. The van der Waals surface area contributed by atoms with E-state index in [0.717, 1.165) is 30.0 Å². The number of carbonyl (C=O) groups is 1. The Bertz CT molecular complexity index is 422. The predicted octanol–water partition coefficient (Wildman–Crippen LogP) is 3.68. The number of hydrogen-bond acceptors (Lipinski definition) is 4. The second kappa shape index (κ2) is 6.89. The molecule has 0 fully saturated rings. The number of rotatable bonds is 5. The summed E-state index contributed by atoms with van der Waals surface area (Å²) >= 11 is 1.69. The number of aromatic nitrogens is 1. The molecule has 1 aromatic rings. The highest BCUT2D eigenvalue weighted by molar-refractivity contribution is 7.11. The van der Waals surface area contributed by atoms with Crippen molar-refractivity contribution in [1.82, 2.24) is 10.3 Å². The molecule has 0 aliphatic heterocycles. The maximum atomic E-state index is 11.6. The smallest absolute Gasteiger partial charge is 0.408 e. The lowest BCUT2D eigenvalue weighted by atomic mass is 10.2. The van der Waals surface area contributed by atoms with Gasteiger partial charge >= 0.3 is 6.09 Å². The SMILES string of the molecule is CCCc1sc(CNC(=O)OC(C)(C)C)nc1CC. The van der Waals surface area contributed by atoms with Gasteiger partial charge in [-0.05, 0) is 33.6 Å². The summed E-state index contributed by atoms with van der Waals surface area (Å²) in [5, 5.41) is 3.70. The van der Waals surface area contributed by atoms with E-state index in [9.17, 15) is 4.79 Å². The maximum Gasteiger partial charge on any atom is 0.408 e. The van der Waals surface area contributed by atoms with E-state index in [2.05, 4.69) is 24.1 Å². The molecule has 1 aromatic heterocycles. The first-order valence-corrected chi connectivity index (χ1v) is 7.61. The Kier molecular flexibility index (Phi) is 5.79. The third kappa shape index (κ3) is 5.59. The quantitative estimate of drug-likeness (QED) is 0.897. The summed E-state index contributed by atoms with van der Waals surface area (Å²) in [5.74, 6) is 0. The van der Waals surface area contributed by atoms with E-state index in [1.165, 1.54) is 4.88 Å². The lowest BCUT2D eigenvalue weighted by molar-refractivity contribution is 0.0523. The summed E-state index contributed by atoms with van der Waals surface area (Å²) in [5.41, 5.74) is 0.697. The van der Waals surface area contributed by atoms with Crippen molar-refractivity contribution in [3.63, 3.8) is 0 Å². The largest absolute Gasteiger partial charge is 0.444 e. The van der Waals surface area contributed by atoms with Crippen molar-refractivity contribution in [3.8, 4) is 0 Å². The van der Waals surface area contributed by atoms with Gasteiger partial charge in [0.15, 0.2) is 0 Å². The molecule has 0 radical (unpaired) electrons. The van der Waals surface area contributed by atoms with Crippen LogP contribution in [0, 0.1) is 0 Å². The molecule has 1 rings (SSSR count). The molecule has 0 aromatic carbocycles. The number of alkyl carbamates (subject to hydrolysis) is 1. The highest BCUT2D eigenvalue weighted by atomic mass is 32.1. The highest BCUT2D eigenvalue weighted by Gasteiger charge is 2.16. The van der Waals surface area contributed by atoms with E-state index in [4.69, 9.17) is 4.74 Å². The number of nitrogens with one attached hydrogen (secondary N) is 1. The molecule has 0 atom stereocenters. The minimum Gasteiger partial charge on any atom is -0.444 e. The van der Waals surface area contributed by atoms with Gasteiger partial charge in [-0.2, -0.15) is 0 Å². The molecule has 108 valence electrons. The number of carbonyl (C=O) groups excluding carboxylic acids is 1. The van der Waals surface area contributed by atoms with Gasteiger partial charge in [-0.1, -0.05) is 20.3 Å². The number of ether oxygens (including phenoxy) is 1. The summed E-state index contributed by atoms with van der Waals surface area (Å²) < 4.78 is 5.20. The molecular weight excluding hydrogens is 260 g/mol. The Morgan fingerprint density at radius 3 is 2.58 bits per heavy atom. The van der Waals surface area contributed by atoms with E-state index in [1.54, 1.807) is 11.3 Å². The Balaban J connectivity index is 2.56. The molecule has 4 nitrogen and oxygen atoms in total. The van der Waals surface area contributed by atoms with E-state index in [0.29, 0.717) is 6.54 Å². The van der Waals surface area contributed by atoms with Crippen molar-refractivity contribution in [1.29, 1.82) is 0 Å². The summed E-state index contributed by atoms with van der Waals surface area (Å²) in [4.78, 5) is 17.5. The van der Waals surface area contributed by atoms with Crippen LogP contribution in [0.4, 0.5) is 4.79 Å². The monoisotopic (exact) mass is 284 g/mol.